The second kappa shape index (κ2) is 7.55. The number of nitrogens with one attached hydrogen (secondary N) is 2. The average Bonchev–Trinajstić information content (AvgIpc) is 2.80. The SMILES string of the molecule is CCCNCCCNCC1Cc2ccccc2C1. The Hall–Kier alpha value is -0.860. The summed E-state index contributed by atoms with van der Waals surface area (Å²) in [6.07, 6.45) is 4.99. The second-order valence-electron chi connectivity index (χ2n) is 5.35. The maximum absolute atomic E-state index is 3.60. The highest BCUT2D eigenvalue weighted by Gasteiger charge is 2.19. The summed E-state index contributed by atoms with van der Waals surface area (Å²) < 4.78 is 0. The molecule has 0 amide bonds. The Bertz CT molecular complexity index is 324. The van der Waals surface area contributed by atoms with E-state index in [2.05, 4.69) is 41.8 Å². The summed E-state index contributed by atoms with van der Waals surface area (Å²) in [6, 6.07) is 8.89. The van der Waals surface area contributed by atoms with Gasteiger partial charge in [0.25, 0.3) is 0 Å². The third-order valence-electron chi connectivity index (χ3n) is 3.70. The van der Waals surface area contributed by atoms with Crippen LogP contribution in [-0.2, 0) is 12.8 Å². The van der Waals surface area contributed by atoms with Crippen molar-refractivity contribution in [2.75, 3.05) is 26.2 Å². The normalized spacial score (nSPS) is 14.9. The second-order valence-corrected chi connectivity index (χ2v) is 5.35. The van der Waals surface area contributed by atoms with Crippen molar-refractivity contribution in [3.05, 3.63) is 35.4 Å². The van der Waals surface area contributed by atoms with Gasteiger partial charge in [-0.1, -0.05) is 31.2 Å². The maximum Gasteiger partial charge on any atom is -0.00141 e. The van der Waals surface area contributed by atoms with Crippen molar-refractivity contribution >= 4 is 0 Å². The quantitative estimate of drug-likeness (QED) is 0.688. The molecular weight excluding hydrogens is 220 g/mol. The van der Waals surface area contributed by atoms with Gasteiger partial charge in [0.1, 0.15) is 0 Å². The van der Waals surface area contributed by atoms with Crippen LogP contribution in [0, 0.1) is 5.92 Å². The van der Waals surface area contributed by atoms with Crippen LogP contribution >= 0.6 is 0 Å². The molecule has 100 valence electrons. The number of rotatable bonds is 8. The minimum Gasteiger partial charge on any atom is -0.317 e. The van der Waals surface area contributed by atoms with Crippen LogP contribution in [0.3, 0.4) is 0 Å². The van der Waals surface area contributed by atoms with E-state index in [1.54, 1.807) is 11.1 Å². The van der Waals surface area contributed by atoms with E-state index in [0.717, 1.165) is 25.6 Å². The van der Waals surface area contributed by atoms with Crippen LogP contribution in [0.15, 0.2) is 24.3 Å². The van der Waals surface area contributed by atoms with Gasteiger partial charge in [-0.3, -0.25) is 0 Å². The fourth-order valence-electron chi connectivity index (χ4n) is 2.74. The third-order valence-corrected chi connectivity index (χ3v) is 3.70. The smallest absolute Gasteiger partial charge is 0.00141 e. The Balaban J connectivity index is 1.54. The Labute approximate surface area is 111 Å². The van der Waals surface area contributed by atoms with Gasteiger partial charge in [0.05, 0.1) is 0 Å². The van der Waals surface area contributed by atoms with Crippen molar-refractivity contribution in [1.29, 1.82) is 0 Å². The first-order valence-corrected chi connectivity index (χ1v) is 7.38. The highest BCUT2D eigenvalue weighted by atomic mass is 14.9. The zero-order valence-corrected chi connectivity index (χ0v) is 11.5. The Morgan fingerprint density at radius 2 is 1.67 bits per heavy atom. The molecule has 0 spiro atoms. The molecule has 0 saturated heterocycles. The predicted molar refractivity (Wildman–Crippen MR) is 78.0 cm³/mol. The first-order chi connectivity index (χ1) is 8.90. The third kappa shape index (κ3) is 4.11. The molecule has 0 unspecified atom stereocenters. The lowest BCUT2D eigenvalue weighted by Gasteiger charge is -2.10. The lowest BCUT2D eigenvalue weighted by Crippen LogP contribution is -2.27. The van der Waals surface area contributed by atoms with Crippen molar-refractivity contribution in [3.63, 3.8) is 0 Å². The number of hydrogen-bond donors (Lipinski definition) is 2. The molecular formula is C16H26N2. The molecule has 1 aliphatic carbocycles. The Morgan fingerprint density at radius 3 is 2.33 bits per heavy atom. The van der Waals surface area contributed by atoms with Crippen LogP contribution in [0.1, 0.15) is 30.9 Å². The van der Waals surface area contributed by atoms with Crippen LogP contribution < -0.4 is 10.6 Å². The van der Waals surface area contributed by atoms with Gasteiger partial charge >= 0.3 is 0 Å². The molecule has 2 rings (SSSR count). The fraction of sp³-hybridized carbons (Fsp3) is 0.625. The molecule has 1 aromatic carbocycles. The molecule has 0 heterocycles. The summed E-state index contributed by atoms with van der Waals surface area (Å²) in [5.41, 5.74) is 3.13. The molecule has 18 heavy (non-hydrogen) atoms. The minimum atomic E-state index is 0.811. The largest absolute Gasteiger partial charge is 0.317 e. The van der Waals surface area contributed by atoms with Gasteiger partial charge in [-0.25, -0.2) is 0 Å². The zero-order chi connectivity index (χ0) is 12.6. The summed E-state index contributed by atoms with van der Waals surface area (Å²) in [6.45, 7) is 6.82. The lowest BCUT2D eigenvalue weighted by molar-refractivity contribution is 0.488. The fourth-order valence-corrected chi connectivity index (χ4v) is 2.74. The van der Waals surface area contributed by atoms with E-state index in [4.69, 9.17) is 0 Å². The van der Waals surface area contributed by atoms with Crippen molar-refractivity contribution in [3.8, 4) is 0 Å². The van der Waals surface area contributed by atoms with Crippen molar-refractivity contribution in [2.24, 2.45) is 5.92 Å². The van der Waals surface area contributed by atoms with Gasteiger partial charge in [0.2, 0.25) is 0 Å². The zero-order valence-electron chi connectivity index (χ0n) is 11.5. The molecule has 0 aliphatic heterocycles. The van der Waals surface area contributed by atoms with Crippen molar-refractivity contribution < 1.29 is 0 Å². The molecule has 1 aliphatic rings. The van der Waals surface area contributed by atoms with Gasteiger partial charge in [0.15, 0.2) is 0 Å². The monoisotopic (exact) mass is 246 g/mol. The van der Waals surface area contributed by atoms with Crippen LogP contribution in [0.2, 0.25) is 0 Å². The lowest BCUT2D eigenvalue weighted by atomic mass is 10.1. The molecule has 0 bridgehead atoms. The summed E-state index contributed by atoms with van der Waals surface area (Å²) >= 11 is 0. The molecule has 0 atom stereocenters. The van der Waals surface area contributed by atoms with Crippen LogP contribution in [-0.4, -0.2) is 26.2 Å². The topological polar surface area (TPSA) is 24.1 Å². The van der Waals surface area contributed by atoms with E-state index < -0.39 is 0 Å². The van der Waals surface area contributed by atoms with Gasteiger partial charge < -0.3 is 10.6 Å². The van der Waals surface area contributed by atoms with E-state index >= 15 is 0 Å². The molecule has 0 saturated carbocycles. The Morgan fingerprint density at radius 1 is 1.00 bits per heavy atom. The van der Waals surface area contributed by atoms with Gasteiger partial charge in [0, 0.05) is 0 Å². The molecule has 2 nitrogen and oxygen atoms in total. The molecule has 0 radical (unpaired) electrons. The van der Waals surface area contributed by atoms with E-state index in [1.165, 1.54) is 32.2 Å². The van der Waals surface area contributed by atoms with E-state index in [-0.39, 0.29) is 0 Å². The highest BCUT2D eigenvalue weighted by molar-refractivity contribution is 5.32. The minimum absolute atomic E-state index is 0.811. The predicted octanol–water partition coefficient (Wildman–Crippen LogP) is 2.38. The van der Waals surface area contributed by atoms with Crippen LogP contribution in [0.4, 0.5) is 0 Å². The van der Waals surface area contributed by atoms with E-state index in [1.807, 2.05) is 0 Å². The molecule has 1 aromatic rings. The van der Waals surface area contributed by atoms with Gasteiger partial charge in [-0.05, 0) is 68.9 Å². The average molecular weight is 246 g/mol. The van der Waals surface area contributed by atoms with E-state index in [9.17, 15) is 0 Å². The molecule has 2 N–H and O–H groups in total. The number of hydrogen-bond acceptors (Lipinski definition) is 2. The first-order valence-electron chi connectivity index (χ1n) is 7.38. The molecule has 0 fully saturated rings. The van der Waals surface area contributed by atoms with Crippen molar-refractivity contribution in [2.45, 2.75) is 32.6 Å². The summed E-state index contributed by atoms with van der Waals surface area (Å²) in [7, 11) is 0. The van der Waals surface area contributed by atoms with E-state index in [0.29, 0.717) is 0 Å². The summed E-state index contributed by atoms with van der Waals surface area (Å²) in [4.78, 5) is 0. The number of fused-ring (bicyclic) bond motifs is 1. The summed E-state index contributed by atoms with van der Waals surface area (Å²) in [5.74, 6) is 0.811. The molecule has 0 aromatic heterocycles. The standard InChI is InChI=1S/C16H26N2/c1-2-8-17-9-5-10-18-13-14-11-15-6-3-4-7-16(15)12-14/h3-4,6-7,14,17-18H,2,5,8-13H2,1H3. The van der Waals surface area contributed by atoms with Crippen LogP contribution in [0.25, 0.3) is 0 Å². The number of benzene rings is 1. The maximum atomic E-state index is 3.60. The Kier molecular flexibility index (Phi) is 5.69. The van der Waals surface area contributed by atoms with Crippen molar-refractivity contribution in [1.82, 2.24) is 10.6 Å². The molecule has 2 heteroatoms. The van der Waals surface area contributed by atoms with Gasteiger partial charge in [-0.15, -0.1) is 0 Å². The highest BCUT2D eigenvalue weighted by Crippen LogP contribution is 2.25. The van der Waals surface area contributed by atoms with Crippen LogP contribution in [0.5, 0.6) is 0 Å². The first kappa shape index (κ1) is 13.6. The van der Waals surface area contributed by atoms with Gasteiger partial charge in [-0.2, -0.15) is 0 Å². The summed E-state index contributed by atoms with van der Waals surface area (Å²) in [5, 5.41) is 7.04.